The van der Waals surface area contributed by atoms with E-state index in [1.54, 1.807) is 36.5 Å². The zero-order valence-electron chi connectivity index (χ0n) is 13.1. The Kier molecular flexibility index (Phi) is 5.28. The molecule has 2 N–H and O–H groups in total. The summed E-state index contributed by atoms with van der Waals surface area (Å²) in [4.78, 5) is 7.12. The van der Waals surface area contributed by atoms with Crippen molar-refractivity contribution >= 4 is 38.3 Å². The number of nitrogens with one attached hydrogen (secondary N) is 2. The predicted molar refractivity (Wildman–Crippen MR) is 94.4 cm³/mol. The van der Waals surface area contributed by atoms with Gasteiger partial charge in [-0.05, 0) is 36.8 Å². The summed E-state index contributed by atoms with van der Waals surface area (Å²) in [6.45, 7) is 5.88. The SMILES string of the molecule is CC.Cc1ccc(NS(=O)(=O)c2c[nH]c3cc(Cl)ccc23)nc1. The fourth-order valence-electron chi connectivity index (χ4n) is 2.01. The normalized spacial score (nSPS) is 11.0. The molecule has 0 aliphatic heterocycles. The number of H-pyrrole nitrogens is 1. The Hall–Kier alpha value is -2.05. The smallest absolute Gasteiger partial charge is 0.265 e. The van der Waals surface area contributed by atoms with Crippen LogP contribution >= 0.6 is 11.6 Å². The highest BCUT2D eigenvalue weighted by atomic mass is 35.5. The average molecular weight is 352 g/mol. The van der Waals surface area contributed by atoms with Gasteiger partial charge in [-0.3, -0.25) is 4.72 Å². The molecule has 0 radical (unpaired) electrons. The second kappa shape index (κ2) is 7.02. The molecule has 0 saturated heterocycles. The number of sulfonamides is 1. The lowest BCUT2D eigenvalue weighted by molar-refractivity contribution is 0.602. The summed E-state index contributed by atoms with van der Waals surface area (Å²) in [6.07, 6.45) is 3.05. The van der Waals surface area contributed by atoms with Crippen LogP contribution in [-0.4, -0.2) is 18.4 Å². The standard InChI is InChI=1S/C14H12ClN3O2S.C2H6/c1-9-2-5-14(17-7-9)18-21(19,20)13-8-16-12-6-10(15)3-4-11(12)13;1-2/h2-8,16H,1H3,(H,17,18);1-2H3. The third-order valence-electron chi connectivity index (χ3n) is 3.05. The molecular weight excluding hydrogens is 334 g/mol. The molecule has 0 saturated carbocycles. The lowest BCUT2D eigenvalue weighted by atomic mass is 10.2. The lowest BCUT2D eigenvalue weighted by Crippen LogP contribution is -2.13. The van der Waals surface area contributed by atoms with Crippen LogP contribution in [0, 0.1) is 6.92 Å². The van der Waals surface area contributed by atoms with Crippen LogP contribution in [0.5, 0.6) is 0 Å². The number of hydrogen-bond donors (Lipinski definition) is 2. The Morgan fingerprint density at radius 2 is 1.91 bits per heavy atom. The molecule has 7 heteroatoms. The van der Waals surface area contributed by atoms with Crippen LogP contribution in [-0.2, 0) is 10.0 Å². The monoisotopic (exact) mass is 351 g/mol. The van der Waals surface area contributed by atoms with Gasteiger partial charge in [0.15, 0.2) is 0 Å². The lowest BCUT2D eigenvalue weighted by Gasteiger charge is -2.06. The van der Waals surface area contributed by atoms with Gasteiger partial charge in [0, 0.05) is 28.3 Å². The minimum absolute atomic E-state index is 0.163. The molecule has 0 atom stereocenters. The first-order chi connectivity index (χ1) is 11.0. The molecular formula is C16H18ClN3O2S. The second-order valence-corrected chi connectivity index (χ2v) is 6.76. The molecule has 0 aliphatic carbocycles. The molecule has 3 rings (SSSR count). The molecule has 23 heavy (non-hydrogen) atoms. The van der Waals surface area contributed by atoms with Gasteiger partial charge in [-0.1, -0.05) is 31.5 Å². The van der Waals surface area contributed by atoms with Crippen LogP contribution in [0.4, 0.5) is 5.82 Å². The Balaban J connectivity index is 0.000000924. The van der Waals surface area contributed by atoms with Crippen LogP contribution < -0.4 is 4.72 Å². The number of anilines is 1. The van der Waals surface area contributed by atoms with Crippen LogP contribution in [0.2, 0.25) is 5.02 Å². The number of rotatable bonds is 3. The van der Waals surface area contributed by atoms with Crippen molar-refractivity contribution in [1.82, 2.24) is 9.97 Å². The van der Waals surface area contributed by atoms with Crippen molar-refractivity contribution in [3.05, 3.63) is 53.3 Å². The van der Waals surface area contributed by atoms with Crippen molar-refractivity contribution < 1.29 is 8.42 Å². The van der Waals surface area contributed by atoms with E-state index < -0.39 is 10.0 Å². The first kappa shape index (κ1) is 17.3. The van der Waals surface area contributed by atoms with E-state index in [0.29, 0.717) is 15.9 Å². The first-order valence-electron chi connectivity index (χ1n) is 7.18. The summed E-state index contributed by atoms with van der Waals surface area (Å²) >= 11 is 5.89. The third kappa shape index (κ3) is 3.83. The maximum atomic E-state index is 12.4. The van der Waals surface area contributed by atoms with Gasteiger partial charge in [0.05, 0.1) is 0 Å². The topological polar surface area (TPSA) is 74.8 Å². The van der Waals surface area contributed by atoms with E-state index in [4.69, 9.17) is 11.6 Å². The van der Waals surface area contributed by atoms with Gasteiger partial charge in [0.25, 0.3) is 10.0 Å². The van der Waals surface area contributed by atoms with E-state index in [1.165, 1.54) is 6.20 Å². The molecule has 1 aromatic carbocycles. The maximum absolute atomic E-state index is 12.4. The van der Waals surface area contributed by atoms with Crippen molar-refractivity contribution in [1.29, 1.82) is 0 Å². The van der Waals surface area contributed by atoms with Gasteiger partial charge >= 0.3 is 0 Å². The molecule has 0 bridgehead atoms. The van der Waals surface area contributed by atoms with Crippen molar-refractivity contribution in [2.75, 3.05) is 4.72 Å². The van der Waals surface area contributed by atoms with Crippen molar-refractivity contribution in [2.45, 2.75) is 25.7 Å². The van der Waals surface area contributed by atoms with Gasteiger partial charge < -0.3 is 4.98 Å². The van der Waals surface area contributed by atoms with Crippen LogP contribution in [0.25, 0.3) is 10.9 Å². The van der Waals surface area contributed by atoms with Gasteiger partial charge in [-0.2, -0.15) is 0 Å². The van der Waals surface area contributed by atoms with E-state index >= 15 is 0 Å². The number of nitrogens with zero attached hydrogens (tertiary/aromatic N) is 1. The number of hydrogen-bond acceptors (Lipinski definition) is 3. The summed E-state index contributed by atoms with van der Waals surface area (Å²) in [5.74, 6) is 0.281. The number of benzene rings is 1. The average Bonchev–Trinajstić information content (AvgIpc) is 2.95. The van der Waals surface area contributed by atoms with E-state index in [9.17, 15) is 8.42 Å². The zero-order valence-corrected chi connectivity index (χ0v) is 14.7. The Labute approximate surface area is 140 Å². The summed E-state index contributed by atoms with van der Waals surface area (Å²) < 4.78 is 27.3. The molecule has 0 amide bonds. The maximum Gasteiger partial charge on any atom is 0.265 e. The fourth-order valence-corrected chi connectivity index (χ4v) is 3.37. The fraction of sp³-hybridized carbons (Fsp3) is 0.188. The van der Waals surface area contributed by atoms with Gasteiger partial charge in [0.2, 0.25) is 0 Å². The minimum Gasteiger partial charge on any atom is -0.360 e. The number of pyridine rings is 1. The highest BCUT2D eigenvalue weighted by Gasteiger charge is 2.19. The molecule has 0 fully saturated rings. The molecule has 5 nitrogen and oxygen atoms in total. The Bertz CT molecular complexity index is 903. The van der Waals surface area contributed by atoms with Crippen LogP contribution in [0.3, 0.4) is 0 Å². The largest absolute Gasteiger partial charge is 0.360 e. The molecule has 2 aromatic heterocycles. The molecule has 122 valence electrons. The predicted octanol–water partition coefficient (Wildman–Crippen LogP) is 4.35. The Morgan fingerprint density at radius 1 is 1.17 bits per heavy atom. The van der Waals surface area contributed by atoms with Crippen molar-refractivity contribution in [3.63, 3.8) is 0 Å². The molecule has 0 unspecified atom stereocenters. The van der Waals surface area contributed by atoms with Crippen molar-refractivity contribution in [2.24, 2.45) is 0 Å². The van der Waals surface area contributed by atoms with Gasteiger partial charge in [-0.15, -0.1) is 0 Å². The summed E-state index contributed by atoms with van der Waals surface area (Å²) in [6, 6.07) is 8.42. The third-order valence-corrected chi connectivity index (χ3v) is 4.68. The molecule has 0 spiro atoms. The zero-order chi connectivity index (χ0) is 17.0. The minimum atomic E-state index is -3.71. The van der Waals surface area contributed by atoms with Crippen molar-refractivity contribution in [3.8, 4) is 0 Å². The molecule has 3 aromatic rings. The highest BCUT2D eigenvalue weighted by molar-refractivity contribution is 7.93. The van der Waals surface area contributed by atoms with Gasteiger partial charge in [0.1, 0.15) is 10.7 Å². The van der Waals surface area contributed by atoms with E-state index in [0.717, 1.165) is 5.56 Å². The first-order valence-corrected chi connectivity index (χ1v) is 9.04. The summed E-state index contributed by atoms with van der Waals surface area (Å²) in [5.41, 5.74) is 1.62. The van der Waals surface area contributed by atoms with E-state index in [2.05, 4.69) is 14.7 Å². The molecule has 0 aliphatic rings. The number of aromatic amines is 1. The number of aryl methyl sites for hydroxylation is 1. The highest BCUT2D eigenvalue weighted by Crippen LogP contribution is 2.26. The van der Waals surface area contributed by atoms with Crippen LogP contribution in [0.1, 0.15) is 19.4 Å². The Morgan fingerprint density at radius 3 is 2.57 bits per heavy atom. The summed E-state index contributed by atoms with van der Waals surface area (Å²) in [5, 5.41) is 1.13. The number of fused-ring (bicyclic) bond motifs is 1. The number of aromatic nitrogens is 2. The van der Waals surface area contributed by atoms with Gasteiger partial charge in [-0.25, -0.2) is 13.4 Å². The molecule has 2 heterocycles. The quantitative estimate of drug-likeness (QED) is 0.736. The van der Waals surface area contributed by atoms with E-state index in [-0.39, 0.29) is 10.7 Å². The van der Waals surface area contributed by atoms with Crippen LogP contribution in [0.15, 0.2) is 47.6 Å². The van der Waals surface area contributed by atoms with E-state index in [1.807, 2.05) is 20.8 Å². The second-order valence-electron chi connectivity index (χ2n) is 4.67. The summed E-state index contributed by atoms with van der Waals surface area (Å²) in [7, 11) is -3.71. The number of halogens is 1.